The first kappa shape index (κ1) is 10.7. The first-order valence-electron chi connectivity index (χ1n) is 6.05. The maximum absolute atomic E-state index is 11.9. The van der Waals surface area contributed by atoms with Crippen LogP contribution in [0.1, 0.15) is 44.9 Å². The zero-order valence-electron chi connectivity index (χ0n) is 9.21. The van der Waals surface area contributed by atoms with Gasteiger partial charge in [-0.2, -0.15) is 0 Å². The minimum Gasteiger partial charge on any atom is -0.342 e. The van der Waals surface area contributed by atoms with Crippen LogP contribution in [0.2, 0.25) is 0 Å². The van der Waals surface area contributed by atoms with E-state index < -0.39 is 0 Å². The molecule has 0 unspecified atom stereocenters. The second-order valence-corrected chi connectivity index (χ2v) is 4.77. The second kappa shape index (κ2) is 4.77. The SMILES string of the molecule is O=C1CCN(C(=O)CC2CCCC2)CC1. The quantitative estimate of drug-likeness (QED) is 0.695. The number of carbonyl (C=O) groups excluding carboxylic acids is 2. The average Bonchev–Trinajstić information content (AvgIpc) is 2.71. The Morgan fingerprint density at radius 2 is 1.80 bits per heavy atom. The van der Waals surface area contributed by atoms with Crippen LogP contribution in [0.4, 0.5) is 0 Å². The van der Waals surface area contributed by atoms with E-state index in [-0.39, 0.29) is 5.91 Å². The van der Waals surface area contributed by atoms with E-state index in [1.807, 2.05) is 4.90 Å². The van der Waals surface area contributed by atoms with E-state index in [1.165, 1.54) is 25.7 Å². The molecule has 2 aliphatic rings. The van der Waals surface area contributed by atoms with Gasteiger partial charge in [0.15, 0.2) is 0 Å². The predicted molar refractivity (Wildman–Crippen MR) is 57.4 cm³/mol. The number of ketones is 1. The van der Waals surface area contributed by atoms with Crippen molar-refractivity contribution >= 4 is 11.7 Å². The monoisotopic (exact) mass is 209 g/mol. The summed E-state index contributed by atoms with van der Waals surface area (Å²) in [6.07, 6.45) is 6.87. The molecule has 0 aromatic rings. The lowest BCUT2D eigenvalue weighted by Gasteiger charge is -2.27. The Balaban J connectivity index is 1.77. The molecule has 0 spiro atoms. The first-order valence-corrected chi connectivity index (χ1v) is 6.05. The summed E-state index contributed by atoms with van der Waals surface area (Å²) >= 11 is 0. The molecule has 1 saturated carbocycles. The zero-order valence-corrected chi connectivity index (χ0v) is 9.21. The molecule has 1 saturated heterocycles. The van der Waals surface area contributed by atoms with Crippen LogP contribution in [-0.4, -0.2) is 29.7 Å². The molecule has 1 heterocycles. The molecule has 3 heteroatoms. The molecule has 0 bridgehead atoms. The smallest absolute Gasteiger partial charge is 0.222 e. The lowest BCUT2D eigenvalue weighted by atomic mass is 10.0. The lowest BCUT2D eigenvalue weighted by molar-refractivity contribution is -0.135. The summed E-state index contributed by atoms with van der Waals surface area (Å²) in [5.41, 5.74) is 0. The summed E-state index contributed by atoms with van der Waals surface area (Å²) in [6, 6.07) is 0. The third-order valence-electron chi connectivity index (χ3n) is 3.61. The highest BCUT2D eigenvalue weighted by Crippen LogP contribution is 2.28. The Morgan fingerprint density at radius 3 is 2.40 bits per heavy atom. The van der Waals surface area contributed by atoms with E-state index >= 15 is 0 Å². The molecule has 84 valence electrons. The highest BCUT2D eigenvalue weighted by Gasteiger charge is 2.24. The van der Waals surface area contributed by atoms with Gasteiger partial charge in [0.25, 0.3) is 0 Å². The zero-order chi connectivity index (χ0) is 10.7. The van der Waals surface area contributed by atoms with Crippen molar-refractivity contribution in [3.8, 4) is 0 Å². The summed E-state index contributed by atoms with van der Waals surface area (Å²) in [5.74, 6) is 1.20. The standard InChI is InChI=1S/C12H19NO2/c14-11-5-7-13(8-6-11)12(15)9-10-3-1-2-4-10/h10H,1-9H2. The molecule has 3 nitrogen and oxygen atoms in total. The van der Waals surface area contributed by atoms with Crippen molar-refractivity contribution in [2.24, 2.45) is 5.92 Å². The largest absolute Gasteiger partial charge is 0.342 e. The average molecular weight is 209 g/mol. The Labute approximate surface area is 90.8 Å². The third-order valence-corrected chi connectivity index (χ3v) is 3.61. The van der Waals surface area contributed by atoms with Crippen LogP contribution in [-0.2, 0) is 9.59 Å². The Hall–Kier alpha value is -0.860. The van der Waals surface area contributed by atoms with E-state index in [4.69, 9.17) is 0 Å². The van der Waals surface area contributed by atoms with E-state index in [1.54, 1.807) is 0 Å². The number of piperidine rings is 1. The molecule has 0 atom stereocenters. The van der Waals surface area contributed by atoms with E-state index in [0.29, 0.717) is 44.1 Å². The van der Waals surface area contributed by atoms with Gasteiger partial charge in [-0.15, -0.1) is 0 Å². The molecule has 1 aliphatic heterocycles. The summed E-state index contributed by atoms with van der Waals surface area (Å²) in [5, 5.41) is 0. The molecule has 2 fully saturated rings. The van der Waals surface area contributed by atoms with Gasteiger partial charge in [0, 0.05) is 32.4 Å². The highest BCUT2D eigenvalue weighted by molar-refractivity contribution is 5.83. The fraction of sp³-hybridized carbons (Fsp3) is 0.833. The van der Waals surface area contributed by atoms with Crippen LogP contribution in [0.15, 0.2) is 0 Å². The van der Waals surface area contributed by atoms with Crippen LogP contribution in [0.3, 0.4) is 0 Å². The molecule has 1 amide bonds. The molecular formula is C12H19NO2. The van der Waals surface area contributed by atoms with Crippen LogP contribution in [0.25, 0.3) is 0 Å². The molecule has 0 radical (unpaired) electrons. The number of nitrogens with zero attached hydrogens (tertiary/aromatic N) is 1. The number of hydrogen-bond acceptors (Lipinski definition) is 2. The summed E-state index contributed by atoms with van der Waals surface area (Å²) in [6.45, 7) is 1.31. The topological polar surface area (TPSA) is 37.4 Å². The number of carbonyl (C=O) groups is 2. The Morgan fingerprint density at radius 1 is 1.20 bits per heavy atom. The van der Waals surface area contributed by atoms with Gasteiger partial charge < -0.3 is 4.90 Å². The van der Waals surface area contributed by atoms with Gasteiger partial charge in [-0.3, -0.25) is 9.59 Å². The fourth-order valence-electron chi connectivity index (χ4n) is 2.60. The summed E-state index contributed by atoms with van der Waals surface area (Å²) in [4.78, 5) is 24.8. The second-order valence-electron chi connectivity index (χ2n) is 4.77. The van der Waals surface area contributed by atoms with Gasteiger partial charge in [-0.25, -0.2) is 0 Å². The maximum Gasteiger partial charge on any atom is 0.222 e. The number of amides is 1. The summed E-state index contributed by atoms with van der Waals surface area (Å²) in [7, 11) is 0. The van der Waals surface area contributed by atoms with Gasteiger partial charge in [0.2, 0.25) is 5.91 Å². The van der Waals surface area contributed by atoms with E-state index in [0.717, 1.165) is 0 Å². The molecular weight excluding hydrogens is 190 g/mol. The maximum atomic E-state index is 11.9. The van der Waals surface area contributed by atoms with Gasteiger partial charge >= 0.3 is 0 Å². The van der Waals surface area contributed by atoms with E-state index in [9.17, 15) is 9.59 Å². The third kappa shape index (κ3) is 2.80. The number of hydrogen-bond donors (Lipinski definition) is 0. The minimum absolute atomic E-state index is 0.273. The normalized spacial score (nSPS) is 23.5. The first-order chi connectivity index (χ1) is 7.25. The number of Topliss-reactive ketones (excluding diaryl/α,β-unsaturated/α-hetero) is 1. The highest BCUT2D eigenvalue weighted by atomic mass is 16.2. The van der Waals surface area contributed by atoms with Gasteiger partial charge in [0.05, 0.1) is 0 Å². The van der Waals surface area contributed by atoms with Crippen LogP contribution >= 0.6 is 0 Å². The van der Waals surface area contributed by atoms with Crippen LogP contribution < -0.4 is 0 Å². The van der Waals surface area contributed by atoms with Crippen molar-refractivity contribution in [1.82, 2.24) is 4.90 Å². The van der Waals surface area contributed by atoms with Gasteiger partial charge in [0.1, 0.15) is 5.78 Å². The van der Waals surface area contributed by atoms with Crippen molar-refractivity contribution in [3.05, 3.63) is 0 Å². The van der Waals surface area contributed by atoms with Gasteiger partial charge in [-0.05, 0) is 18.8 Å². The Kier molecular flexibility index (Phi) is 3.39. The van der Waals surface area contributed by atoms with Crippen molar-refractivity contribution in [1.29, 1.82) is 0 Å². The molecule has 1 aliphatic carbocycles. The minimum atomic E-state index is 0.273. The molecule has 0 aromatic heterocycles. The predicted octanol–water partition coefficient (Wildman–Crippen LogP) is 1.76. The Bertz CT molecular complexity index is 246. The molecule has 0 aromatic carbocycles. The lowest BCUT2D eigenvalue weighted by Crippen LogP contribution is -2.39. The van der Waals surface area contributed by atoms with Crippen LogP contribution in [0, 0.1) is 5.92 Å². The van der Waals surface area contributed by atoms with Crippen molar-refractivity contribution < 1.29 is 9.59 Å². The van der Waals surface area contributed by atoms with Crippen molar-refractivity contribution in [3.63, 3.8) is 0 Å². The van der Waals surface area contributed by atoms with Crippen molar-refractivity contribution in [2.75, 3.05) is 13.1 Å². The number of likely N-dealkylation sites (tertiary alicyclic amines) is 1. The number of rotatable bonds is 2. The molecule has 2 rings (SSSR count). The summed E-state index contributed by atoms with van der Waals surface area (Å²) < 4.78 is 0. The van der Waals surface area contributed by atoms with E-state index in [2.05, 4.69) is 0 Å². The molecule has 15 heavy (non-hydrogen) atoms. The fourth-order valence-corrected chi connectivity index (χ4v) is 2.60. The van der Waals surface area contributed by atoms with Gasteiger partial charge in [-0.1, -0.05) is 12.8 Å². The van der Waals surface area contributed by atoms with Crippen LogP contribution in [0.5, 0.6) is 0 Å². The van der Waals surface area contributed by atoms with Crippen molar-refractivity contribution in [2.45, 2.75) is 44.9 Å². The molecule has 0 N–H and O–H groups in total.